The summed E-state index contributed by atoms with van der Waals surface area (Å²) in [4.78, 5) is 0. The van der Waals surface area contributed by atoms with Crippen molar-refractivity contribution in [3.63, 3.8) is 0 Å². The average Bonchev–Trinajstić information content (AvgIpc) is 3.42. The van der Waals surface area contributed by atoms with Gasteiger partial charge in [0.1, 0.15) is 0 Å². The van der Waals surface area contributed by atoms with E-state index in [1.807, 2.05) is 0 Å². The van der Waals surface area contributed by atoms with Crippen molar-refractivity contribution in [1.82, 2.24) is 0 Å². The first-order chi connectivity index (χ1) is 33.8. The zero-order chi connectivity index (χ0) is 45.0. The Bertz CT molecular complexity index is 3930. The minimum atomic E-state index is 1.20. The first kappa shape index (κ1) is 39.5. The fraction of sp³-hybridized carbons (Fsp3) is 0. The Hall–Kier alpha value is -8.84. The lowest BCUT2D eigenvalue weighted by atomic mass is 9.83. The maximum absolute atomic E-state index is 2.38. The minimum Gasteiger partial charge on any atom is -0.0622 e. The minimum absolute atomic E-state index is 1.20. The third-order valence-electron chi connectivity index (χ3n) is 14.1. The van der Waals surface area contributed by atoms with Gasteiger partial charge in [0.25, 0.3) is 0 Å². The molecular weight excluding hydrogens is 817 g/mol. The lowest BCUT2D eigenvalue weighted by molar-refractivity contribution is 1.60. The van der Waals surface area contributed by atoms with Gasteiger partial charge in [0.05, 0.1) is 0 Å². The predicted molar refractivity (Wildman–Crippen MR) is 292 cm³/mol. The van der Waals surface area contributed by atoms with Crippen molar-refractivity contribution in [2.45, 2.75) is 0 Å². The molecule has 316 valence electrons. The van der Waals surface area contributed by atoms with Gasteiger partial charge in [-0.2, -0.15) is 0 Å². The molecule has 0 heteroatoms. The maximum Gasteiger partial charge on any atom is -0.00201 e. The molecule has 0 aliphatic carbocycles. The number of hydrogen-bond donors (Lipinski definition) is 0. The van der Waals surface area contributed by atoms with Gasteiger partial charge in [0.2, 0.25) is 0 Å². The second kappa shape index (κ2) is 16.5. The summed E-state index contributed by atoms with van der Waals surface area (Å²) in [6, 6.07) is 98.2. The number of hydrogen-bond acceptors (Lipinski definition) is 0. The number of fused-ring (bicyclic) bond motifs is 5. The van der Waals surface area contributed by atoms with Gasteiger partial charge in [0, 0.05) is 0 Å². The molecule has 13 aromatic carbocycles. The van der Waals surface area contributed by atoms with E-state index in [4.69, 9.17) is 0 Å². The maximum atomic E-state index is 2.38. The van der Waals surface area contributed by atoms with E-state index in [0.29, 0.717) is 0 Å². The zero-order valence-electron chi connectivity index (χ0n) is 37.4. The van der Waals surface area contributed by atoms with Gasteiger partial charge >= 0.3 is 0 Å². The quantitative estimate of drug-likeness (QED) is 0.140. The van der Waals surface area contributed by atoms with Crippen molar-refractivity contribution >= 4 is 53.9 Å². The van der Waals surface area contributed by atoms with E-state index >= 15 is 0 Å². The summed E-state index contributed by atoms with van der Waals surface area (Å²) < 4.78 is 0. The summed E-state index contributed by atoms with van der Waals surface area (Å²) in [6.07, 6.45) is 0. The molecule has 0 aliphatic heterocycles. The van der Waals surface area contributed by atoms with Crippen molar-refractivity contribution in [3.05, 3.63) is 267 Å². The van der Waals surface area contributed by atoms with E-state index in [2.05, 4.69) is 267 Å². The Kier molecular flexibility index (Phi) is 9.62. The second-order valence-electron chi connectivity index (χ2n) is 17.9. The highest BCUT2D eigenvalue weighted by Gasteiger charge is 2.21. The molecule has 0 atom stereocenters. The van der Waals surface area contributed by atoms with Crippen LogP contribution in [-0.2, 0) is 0 Å². The van der Waals surface area contributed by atoms with Gasteiger partial charge in [-0.1, -0.05) is 255 Å². The summed E-state index contributed by atoms with van der Waals surface area (Å²) in [7, 11) is 0. The third kappa shape index (κ3) is 6.61. The molecule has 0 aliphatic rings. The van der Waals surface area contributed by atoms with E-state index in [-0.39, 0.29) is 0 Å². The molecule has 0 nitrogen and oxygen atoms in total. The van der Waals surface area contributed by atoms with Gasteiger partial charge in [-0.25, -0.2) is 0 Å². The molecule has 0 heterocycles. The lowest BCUT2D eigenvalue weighted by Crippen LogP contribution is -1.93. The van der Waals surface area contributed by atoms with E-state index in [0.717, 1.165) is 0 Å². The Morgan fingerprint density at radius 1 is 0.147 bits per heavy atom. The van der Waals surface area contributed by atoms with Crippen molar-refractivity contribution in [2.75, 3.05) is 0 Å². The van der Waals surface area contributed by atoms with Gasteiger partial charge < -0.3 is 0 Å². The third-order valence-corrected chi connectivity index (χ3v) is 14.1. The van der Waals surface area contributed by atoms with Crippen molar-refractivity contribution in [1.29, 1.82) is 0 Å². The molecule has 0 saturated carbocycles. The van der Waals surface area contributed by atoms with Crippen LogP contribution in [0.3, 0.4) is 0 Å². The predicted octanol–water partition coefficient (Wildman–Crippen LogP) is 19.1. The largest absolute Gasteiger partial charge is 0.0622 e. The van der Waals surface area contributed by atoms with E-state index in [9.17, 15) is 0 Å². The summed E-state index contributed by atoms with van der Waals surface area (Å²) in [6.45, 7) is 0. The van der Waals surface area contributed by atoms with Crippen LogP contribution in [0.15, 0.2) is 267 Å². The summed E-state index contributed by atoms with van der Waals surface area (Å²) in [5.74, 6) is 0. The first-order valence-electron chi connectivity index (χ1n) is 23.6. The molecule has 0 unspecified atom stereocenters. The van der Waals surface area contributed by atoms with Crippen LogP contribution in [0.4, 0.5) is 0 Å². The molecule has 0 N–H and O–H groups in total. The van der Waals surface area contributed by atoms with Crippen molar-refractivity contribution in [2.24, 2.45) is 0 Å². The molecule has 0 radical (unpaired) electrons. The van der Waals surface area contributed by atoms with Crippen LogP contribution in [0.1, 0.15) is 0 Å². The van der Waals surface area contributed by atoms with Crippen molar-refractivity contribution < 1.29 is 0 Å². The number of benzene rings is 13. The molecule has 0 bridgehead atoms. The standard InChI is InChI=1S/C68H44/c1-3-19-46(20-4-1)53-23-7-9-25-55(53)67-61-31-15-11-27-57(61)65(58-28-12-16-32-62(58)67)48-37-35-45(36-38-48)49-39-40-51-44-52(42-41-50(51)43-49)66-59-29-13-17-33-63(59)68(64-34-18-14-30-60(64)66)56-26-10-8-24-54(56)47-21-5-2-6-22-47/h1-44H. The van der Waals surface area contributed by atoms with Gasteiger partial charge in [-0.3, -0.25) is 0 Å². The molecule has 13 aromatic rings. The monoisotopic (exact) mass is 860 g/mol. The first-order valence-corrected chi connectivity index (χ1v) is 23.6. The van der Waals surface area contributed by atoms with Crippen molar-refractivity contribution in [3.8, 4) is 77.9 Å². The molecule has 0 fully saturated rings. The van der Waals surface area contributed by atoms with Gasteiger partial charge in [-0.15, -0.1) is 0 Å². The van der Waals surface area contributed by atoms with Crippen LogP contribution in [0.2, 0.25) is 0 Å². The fourth-order valence-corrected chi connectivity index (χ4v) is 11.0. The summed E-state index contributed by atoms with van der Waals surface area (Å²) in [5, 5.41) is 12.5. The second-order valence-corrected chi connectivity index (χ2v) is 17.9. The fourth-order valence-electron chi connectivity index (χ4n) is 11.0. The highest BCUT2D eigenvalue weighted by Crippen LogP contribution is 2.48. The zero-order valence-corrected chi connectivity index (χ0v) is 37.4. The van der Waals surface area contributed by atoms with E-state index in [1.165, 1.54) is 132 Å². The van der Waals surface area contributed by atoms with Crippen LogP contribution < -0.4 is 0 Å². The molecule has 0 spiro atoms. The van der Waals surface area contributed by atoms with E-state index in [1.54, 1.807) is 0 Å². The Morgan fingerprint density at radius 2 is 0.426 bits per heavy atom. The lowest BCUT2D eigenvalue weighted by Gasteiger charge is -2.20. The molecule has 0 saturated heterocycles. The molecule has 68 heavy (non-hydrogen) atoms. The van der Waals surface area contributed by atoms with Crippen LogP contribution in [0, 0.1) is 0 Å². The molecule has 13 rings (SSSR count). The van der Waals surface area contributed by atoms with Crippen LogP contribution in [0.25, 0.3) is 132 Å². The SMILES string of the molecule is c1ccc(-c2ccccc2-c2c3ccccc3c(-c3ccc(-c4ccc5cc(-c6c7ccccc7c(-c7ccccc7-c7ccccc7)c7ccccc67)ccc5c4)cc3)c3ccccc23)cc1. The van der Waals surface area contributed by atoms with Gasteiger partial charge in [0.15, 0.2) is 0 Å². The molecule has 0 amide bonds. The topological polar surface area (TPSA) is 0 Å². The summed E-state index contributed by atoms with van der Waals surface area (Å²) >= 11 is 0. The molecule has 0 aromatic heterocycles. The Labute approximate surface area is 396 Å². The highest BCUT2D eigenvalue weighted by molar-refractivity contribution is 6.24. The number of rotatable bonds is 7. The average molecular weight is 861 g/mol. The van der Waals surface area contributed by atoms with Crippen LogP contribution >= 0.6 is 0 Å². The normalized spacial score (nSPS) is 11.5. The van der Waals surface area contributed by atoms with Crippen LogP contribution in [0.5, 0.6) is 0 Å². The Morgan fingerprint density at radius 3 is 0.838 bits per heavy atom. The van der Waals surface area contributed by atoms with Crippen LogP contribution in [-0.4, -0.2) is 0 Å². The Balaban J connectivity index is 0.891. The molecular formula is C68H44. The van der Waals surface area contributed by atoms with Gasteiger partial charge in [-0.05, 0) is 144 Å². The highest BCUT2D eigenvalue weighted by atomic mass is 14.2. The van der Waals surface area contributed by atoms with E-state index < -0.39 is 0 Å². The summed E-state index contributed by atoms with van der Waals surface area (Å²) in [5.41, 5.74) is 17.3. The smallest absolute Gasteiger partial charge is 0.00201 e.